The second-order valence-corrected chi connectivity index (χ2v) is 11.9. The summed E-state index contributed by atoms with van der Waals surface area (Å²) >= 11 is 12.5. The first-order valence-electron chi connectivity index (χ1n) is 12.5. The lowest BCUT2D eigenvalue weighted by Gasteiger charge is -2.33. The summed E-state index contributed by atoms with van der Waals surface area (Å²) in [7, 11) is -3.92. The summed E-state index contributed by atoms with van der Waals surface area (Å²) in [5.74, 6) is -0.130. The van der Waals surface area contributed by atoms with Crippen molar-refractivity contribution in [1.82, 2.24) is 10.2 Å². The molecular formula is C28H29Cl2N3O6S. The zero-order valence-corrected chi connectivity index (χ0v) is 24.3. The van der Waals surface area contributed by atoms with Crippen molar-refractivity contribution in [2.45, 2.75) is 25.9 Å². The molecule has 0 saturated carbocycles. The summed E-state index contributed by atoms with van der Waals surface area (Å²) in [6, 6.07) is 17.8. The molecule has 4 rings (SSSR count). The first-order chi connectivity index (χ1) is 19.1. The van der Waals surface area contributed by atoms with Gasteiger partial charge in [0.2, 0.25) is 28.6 Å². The van der Waals surface area contributed by atoms with Crippen molar-refractivity contribution < 1.29 is 27.5 Å². The first kappa shape index (κ1) is 29.5. The zero-order valence-electron chi connectivity index (χ0n) is 22.0. The highest BCUT2D eigenvalue weighted by atomic mass is 35.5. The smallest absolute Gasteiger partial charge is 0.244 e. The van der Waals surface area contributed by atoms with Gasteiger partial charge in [0.15, 0.2) is 11.5 Å². The van der Waals surface area contributed by atoms with Crippen LogP contribution in [0.15, 0.2) is 66.7 Å². The van der Waals surface area contributed by atoms with E-state index in [0.29, 0.717) is 33.7 Å². The van der Waals surface area contributed by atoms with Crippen LogP contribution in [-0.2, 0) is 32.6 Å². The number of nitrogens with zero attached hydrogens (tertiary/aromatic N) is 2. The summed E-state index contributed by atoms with van der Waals surface area (Å²) in [4.78, 5) is 28.8. The number of rotatable bonds is 11. The average Bonchev–Trinajstić information content (AvgIpc) is 3.38. The molecule has 1 aliphatic rings. The second-order valence-electron chi connectivity index (χ2n) is 9.16. The Labute approximate surface area is 243 Å². The molecule has 0 fully saturated rings. The summed E-state index contributed by atoms with van der Waals surface area (Å²) in [6.07, 6.45) is 1.21. The number of anilines is 1. The summed E-state index contributed by atoms with van der Waals surface area (Å²) in [5, 5.41) is 3.54. The highest BCUT2D eigenvalue weighted by molar-refractivity contribution is 7.92. The van der Waals surface area contributed by atoms with Crippen LogP contribution in [0.1, 0.15) is 18.1 Å². The van der Waals surface area contributed by atoms with Crippen LogP contribution in [0.3, 0.4) is 0 Å². The van der Waals surface area contributed by atoms with Crippen LogP contribution in [0.25, 0.3) is 0 Å². The number of halogens is 2. The number of hydrogen-bond acceptors (Lipinski definition) is 6. The maximum Gasteiger partial charge on any atom is 0.244 e. The minimum Gasteiger partial charge on any atom is -0.454 e. The van der Waals surface area contributed by atoms with Crippen molar-refractivity contribution >= 4 is 50.7 Å². The Balaban J connectivity index is 1.74. The Kier molecular flexibility index (Phi) is 9.44. The molecule has 3 aromatic rings. The molecule has 1 atom stereocenters. The molecule has 0 radical (unpaired) electrons. The number of ether oxygens (including phenoxy) is 2. The van der Waals surface area contributed by atoms with Crippen molar-refractivity contribution in [2.75, 3.05) is 30.4 Å². The van der Waals surface area contributed by atoms with E-state index in [1.54, 1.807) is 31.2 Å². The largest absolute Gasteiger partial charge is 0.454 e. The molecule has 9 nitrogen and oxygen atoms in total. The maximum absolute atomic E-state index is 14.0. The average molecular weight is 607 g/mol. The predicted molar refractivity (Wildman–Crippen MR) is 154 cm³/mol. The Hall–Kier alpha value is -3.47. The van der Waals surface area contributed by atoms with Gasteiger partial charge in [-0.2, -0.15) is 0 Å². The van der Waals surface area contributed by atoms with Crippen molar-refractivity contribution in [1.29, 1.82) is 0 Å². The zero-order chi connectivity index (χ0) is 28.9. The lowest BCUT2D eigenvalue weighted by Crippen LogP contribution is -2.53. The van der Waals surface area contributed by atoms with E-state index in [4.69, 9.17) is 32.7 Å². The highest BCUT2D eigenvalue weighted by Gasteiger charge is 2.33. The highest BCUT2D eigenvalue weighted by Crippen LogP contribution is 2.36. The molecule has 0 unspecified atom stereocenters. The van der Waals surface area contributed by atoms with Crippen LogP contribution < -0.4 is 19.1 Å². The number of likely N-dealkylation sites (N-methyl/N-ethyl adjacent to an activating group) is 1. The first-order valence-corrected chi connectivity index (χ1v) is 15.1. The van der Waals surface area contributed by atoms with Crippen LogP contribution in [-0.4, -0.2) is 57.3 Å². The van der Waals surface area contributed by atoms with Gasteiger partial charge in [0.05, 0.1) is 11.9 Å². The van der Waals surface area contributed by atoms with Gasteiger partial charge in [-0.3, -0.25) is 13.9 Å². The number of hydrogen-bond donors (Lipinski definition) is 1. The second kappa shape index (κ2) is 12.8. The van der Waals surface area contributed by atoms with Gasteiger partial charge in [0.25, 0.3) is 0 Å². The minimum atomic E-state index is -3.92. The van der Waals surface area contributed by atoms with E-state index >= 15 is 0 Å². The van der Waals surface area contributed by atoms with Gasteiger partial charge in [-0.05, 0) is 42.3 Å². The topological polar surface area (TPSA) is 105 Å². The van der Waals surface area contributed by atoms with Gasteiger partial charge in [-0.15, -0.1) is 0 Å². The van der Waals surface area contributed by atoms with Crippen molar-refractivity contribution in [3.8, 4) is 11.5 Å². The molecule has 40 heavy (non-hydrogen) atoms. The number of nitrogens with one attached hydrogen (secondary N) is 1. The molecule has 1 aliphatic heterocycles. The van der Waals surface area contributed by atoms with E-state index in [2.05, 4.69) is 5.32 Å². The monoisotopic (exact) mass is 605 g/mol. The molecule has 0 spiro atoms. The number of carbonyl (C=O) groups is 2. The maximum atomic E-state index is 14.0. The normalized spacial score (nSPS) is 13.0. The van der Waals surface area contributed by atoms with E-state index in [1.807, 2.05) is 30.3 Å². The van der Waals surface area contributed by atoms with Crippen LogP contribution in [0.4, 0.5) is 5.69 Å². The fraction of sp³-hybridized carbons (Fsp3) is 0.286. The standard InChI is InChI=1S/C28H29Cl2N3O6S/c1-3-31-28(35)24(13-19-7-5-4-6-8-19)32(16-20-9-10-21(29)14-23(20)30)27(34)17-33(40(2,36)37)22-11-12-25-26(15-22)39-18-38-25/h4-12,14-15,24H,3,13,16-18H2,1-2H3,(H,31,35)/t24-/m1/s1. The van der Waals surface area contributed by atoms with Gasteiger partial charge in [0, 0.05) is 35.6 Å². The van der Waals surface area contributed by atoms with Gasteiger partial charge in [0.1, 0.15) is 12.6 Å². The SMILES string of the molecule is CCNC(=O)[C@@H](Cc1ccccc1)N(Cc1ccc(Cl)cc1Cl)C(=O)CN(c1ccc2c(c1)OCO2)S(C)(=O)=O. The van der Waals surface area contributed by atoms with E-state index < -0.39 is 28.5 Å². The molecule has 2 amide bonds. The van der Waals surface area contributed by atoms with Crippen LogP contribution in [0.2, 0.25) is 10.0 Å². The van der Waals surface area contributed by atoms with Crippen LogP contribution >= 0.6 is 23.2 Å². The van der Waals surface area contributed by atoms with Crippen molar-refractivity contribution in [3.63, 3.8) is 0 Å². The lowest BCUT2D eigenvalue weighted by atomic mass is 10.0. The number of amides is 2. The Morgan fingerprint density at radius 3 is 2.40 bits per heavy atom. The lowest BCUT2D eigenvalue weighted by molar-refractivity contribution is -0.140. The molecule has 0 aromatic heterocycles. The minimum absolute atomic E-state index is 0.0138. The fourth-order valence-corrected chi connectivity index (χ4v) is 5.64. The molecule has 3 aromatic carbocycles. The third-order valence-corrected chi connectivity index (χ3v) is 8.03. The van der Waals surface area contributed by atoms with E-state index in [-0.39, 0.29) is 31.4 Å². The molecule has 1 N–H and O–H groups in total. The Morgan fingerprint density at radius 1 is 1.00 bits per heavy atom. The van der Waals surface area contributed by atoms with E-state index in [1.165, 1.54) is 17.0 Å². The molecule has 0 bridgehead atoms. The van der Waals surface area contributed by atoms with E-state index in [0.717, 1.165) is 16.1 Å². The van der Waals surface area contributed by atoms with Gasteiger partial charge < -0.3 is 19.7 Å². The number of carbonyl (C=O) groups excluding carboxylic acids is 2. The van der Waals surface area contributed by atoms with Crippen LogP contribution in [0, 0.1) is 0 Å². The van der Waals surface area contributed by atoms with Gasteiger partial charge in [-0.25, -0.2) is 8.42 Å². The van der Waals surface area contributed by atoms with Crippen molar-refractivity contribution in [3.05, 3.63) is 87.9 Å². The predicted octanol–water partition coefficient (Wildman–Crippen LogP) is 4.26. The molecule has 0 saturated heterocycles. The molecule has 1 heterocycles. The van der Waals surface area contributed by atoms with Gasteiger partial charge in [-0.1, -0.05) is 59.6 Å². The fourth-order valence-electron chi connectivity index (χ4n) is 4.33. The quantitative estimate of drug-likeness (QED) is 0.350. The molecular weight excluding hydrogens is 577 g/mol. The summed E-state index contributed by atoms with van der Waals surface area (Å²) < 4.78 is 37.5. The number of benzene rings is 3. The van der Waals surface area contributed by atoms with Crippen molar-refractivity contribution in [2.24, 2.45) is 0 Å². The number of fused-ring (bicyclic) bond motifs is 1. The Bertz CT molecular complexity index is 1490. The number of sulfonamides is 1. The Morgan fingerprint density at radius 2 is 1.73 bits per heavy atom. The molecule has 12 heteroatoms. The third kappa shape index (κ3) is 7.18. The third-order valence-electron chi connectivity index (χ3n) is 6.30. The molecule has 212 valence electrons. The molecule has 0 aliphatic carbocycles. The van der Waals surface area contributed by atoms with E-state index in [9.17, 15) is 18.0 Å². The van der Waals surface area contributed by atoms with Crippen LogP contribution in [0.5, 0.6) is 11.5 Å². The van der Waals surface area contributed by atoms with Gasteiger partial charge >= 0.3 is 0 Å². The summed E-state index contributed by atoms with van der Waals surface area (Å²) in [6.45, 7) is 1.53. The summed E-state index contributed by atoms with van der Waals surface area (Å²) in [5.41, 5.74) is 1.60.